The van der Waals surface area contributed by atoms with Crippen LogP contribution in [-0.4, -0.2) is 16.8 Å². The quantitative estimate of drug-likeness (QED) is 0.592. The van der Waals surface area contributed by atoms with Crippen molar-refractivity contribution in [2.75, 3.05) is 0 Å². The van der Waals surface area contributed by atoms with Crippen molar-refractivity contribution in [2.45, 2.75) is 37.1 Å². The Morgan fingerprint density at radius 2 is 2.18 bits per heavy atom. The first kappa shape index (κ1) is 9.56. The molecule has 1 nitrogen and oxygen atoms in total. The molecule has 4 atom stereocenters. The van der Waals surface area contributed by atoms with Gasteiger partial charge in [0.05, 0.1) is 6.10 Å². The van der Waals surface area contributed by atoms with E-state index in [9.17, 15) is 4.39 Å². The Morgan fingerprint density at radius 1 is 1.64 bits per heavy atom. The summed E-state index contributed by atoms with van der Waals surface area (Å²) in [4.78, 5) is 0. The first-order valence-electron chi connectivity index (χ1n) is 3.67. The topological polar surface area (TPSA) is 9.23 Å². The van der Waals surface area contributed by atoms with Crippen LogP contribution in [0.25, 0.3) is 0 Å². The molecule has 0 aromatic rings. The van der Waals surface area contributed by atoms with Crippen LogP contribution >= 0.6 is 23.2 Å². The van der Waals surface area contributed by atoms with E-state index in [1.807, 2.05) is 6.92 Å². The van der Waals surface area contributed by atoms with E-state index < -0.39 is 10.7 Å². The lowest BCUT2D eigenvalue weighted by atomic mass is 10.0. The summed E-state index contributed by atoms with van der Waals surface area (Å²) in [7, 11) is 0. The van der Waals surface area contributed by atoms with E-state index >= 15 is 0 Å². The summed E-state index contributed by atoms with van der Waals surface area (Å²) in [6.07, 6.45) is 0.586. The van der Waals surface area contributed by atoms with E-state index in [2.05, 4.69) is 0 Å². The van der Waals surface area contributed by atoms with Crippen LogP contribution in [0.4, 0.5) is 4.39 Å². The van der Waals surface area contributed by atoms with Crippen LogP contribution < -0.4 is 0 Å². The fourth-order valence-corrected chi connectivity index (χ4v) is 1.79. The van der Waals surface area contributed by atoms with E-state index in [0.717, 1.165) is 6.42 Å². The molecule has 1 fully saturated rings. The first-order valence-corrected chi connectivity index (χ1v) is 4.49. The Labute approximate surface area is 75.8 Å². The molecule has 0 radical (unpaired) electrons. The summed E-state index contributed by atoms with van der Waals surface area (Å²) in [5, 5.41) is -1.90. The van der Waals surface area contributed by atoms with Crippen LogP contribution in [0, 0.1) is 5.92 Å². The zero-order valence-corrected chi connectivity index (χ0v) is 7.99. The molecule has 0 saturated carbocycles. The first-order chi connectivity index (χ1) is 5.00. The third-order valence-corrected chi connectivity index (χ3v) is 3.24. The van der Waals surface area contributed by atoms with Crippen LogP contribution in [0.15, 0.2) is 0 Å². The molecule has 0 aromatic carbocycles. The van der Waals surface area contributed by atoms with Crippen molar-refractivity contribution in [3.05, 3.63) is 0 Å². The molecule has 1 rings (SSSR count). The van der Waals surface area contributed by atoms with Crippen LogP contribution in [0.5, 0.6) is 0 Å². The Balaban J connectivity index is 2.71. The van der Waals surface area contributed by atoms with Crippen molar-refractivity contribution in [3.63, 3.8) is 0 Å². The largest absolute Gasteiger partial charge is 0.354 e. The van der Waals surface area contributed by atoms with Gasteiger partial charge >= 0.3 is 0 Å². The number of ether oxygens (including phenoxy) is 1. The minimum atomic E-state index is -1.90. The molecule has 4 heteroatoms. The van der Waals surface area contributed by atoms with Gasteiger partial charge in [-0.15, -0.1) is 0 Å². The second-order valence-corrected chi connectivity index (χ2v) is 3.84. The Hall–Kier alpha value is 0.470. The molecule has 0 aliphatic carbocycles. The molecule has 66 valence electrons. The van der Waals surface area contributed by atoms with Crippen LogP contribution in [0.1, 0.15) is 20.3 Å². The number of rotatable bonds is 1. The lowest BCUT2D eigenvalue weighted by Gasteiger charge is -2.18. The summed E-state index contributed by atoms with van der Waals surface area (Å²) < 4.78 is 18.4. The van der Waals surface area contributed by atoms with E-state index in [-0.39, 0.29) is 12.0 Å². The average Bonchev–Trinajstić information content (AvgIpc) is 2.14. The van der Waals surface area contributed by atoms with Gasteiger partial charge in [-0.1, -0.05) is 37.0 Å². The maximum atomic E-state index is 13.3. The summed E-state index contributed by atoms with van der Waals surface area (Å²) in [6.45, 7) is 3.63. The summed E-state index contributed by atoms with van der Waals surface area (Å²) >= 11 is 11.1. The van der Waals surface area contributed by atoms with Gasteiger partial charge in [-0.3, -0.25) is 0 Å². The highest BCUT2D eigenvalue weighted by molar-refractivity contribution is 6.31. The predicted octanol–water partition coefficient (Wildman–Crippen LogP) is 2.90. The van der Waals surface area contributed by atoms with E-state index in [1.54, 1.807) is 6.92 Å². The van der Waals surface area contributed by atoms with Crippen LogP contribution in [-0.2, 0) is 4.74 Å². The van der Waals surface area contributed by atoms with Crippen molar-refractivity contribution in [1.29, 1.82) is 0 Å². The van der Waals surface area contributed by atoms with Gasteiger partial charge in [0.2, 0.25) is 5.13 Å². The minimum absolute atomic E-state index is 0.153. The second-order valence-electron chi connectivity index (χ2n) is 2.86. The third kappa shape index (κ3) is 1.49. The van der Waals surface area contributed by atoms with Crippen LogP contribution in [0.3, 0.4) is 0 Å². The Morgan fingerprint density at radius 3 is 2.36 bits per heavy atom. The van der Waals surface area contributed by atoms with Crippen LogP contribution in [0.2, 0.25) is 0 Å². The molecule has 1 aliphatic heterocycles. The number of alkyl halides is 3. The minimum Gasteiger partial charge on any atom is -0.354 e. The highest BCUT2D eigenvalue weighted by Crippen LogP contribution is 2.45. The molecule has 1 saturated heterocycles. The monoisotopic (exact) mass is 200 g/mol. The molecule has 1 unspecified atom stereocenters. The SMILES string of the molecule is CC[C@H]1OC(Cl)[C@@](F)(Cl)[C@@H]1C. The van der Waals surface area contributed by atoms with Gasteiger partial charge in [0.25, 0.3) is 0 Å². The predicted molar refractivity (Wildman–Crippen MR) is 43.7 cm³/mol. The molecule has 0 aromatic heterocycles. The molecule has 11 heavy (non-hydrogen) atoms. The second kappa shape index (κ2) is 3.08. The fourth-order valence-electron chi connectivity index (χ4n) is 1.27. The summed E-state index contributed by atoms with van der Waals surface area (Å²) in [6, 6.07) is 0. The van der Waals surface area contributed by atoms with Crippen molar-refractivity contribution in [1.82, 2.24) is 0 Å². The van der Waals surface area contributed by atoms with Crippen molar-refractivity contribution in [2.24, 2.45) is 5.92 Å². The molecule has 1 heterocycles. The smallest absolute Gasteiger partial charge is 0.228 e. The van der Waals surface area contributed by atoms with E-state index in [1.165, 1.54) is 0 Å². The maximum absolute atomic E-state index is 13.3. The van der Waals surface area contributed by atoms with Gasteiger partial charge in [-0.2, -0.15) is 0 Å². The van der Waals surface area contributed by atoms with Gasteiger partial charge in [0, 0.05) is 5.92 Å². The Bertz CT molecular complexity index is 151. The number of hydrogen-bond acceptors (Lipinski definition) is 1. The lowest BCUT2D eigenvalue weighted by Crippen LogP contribution is -2.29. The Kier molecular flexibility index (Phi) is 2.67. The lowest BCUT2D eigenvalue weighted by molar-refractivity contribution is 0.0648. The van der Waals surface area contributed by atoms with Gasteiger partial charge in [0.15, 0.2) is 5.56 Å². The summed E-state index contributed by atoms with van der Waals surface area (Å²) in [5.74, 6) is -0.336. The highest BCUT2D eigenvalue weighted by Gasteiger charge is 2.52. The maximum Gasteiger partial charge on any atom is 0.228 e. The fraction of sp³-hybridized carbons (Fsp3) is 1.00. The normalized spacial score (nSPS) is 51.5. The van der Waals surface area contributed by atoms with Gasteiger partial charge in [0.1, 0.15) is 0 Å². The summed E-state index contributed by atoms with van der Waals surface area (Å²) in [5.41, 5.74) is -1.01. The van der Waals surface area contributed by atoms with Gasteiger partial charge in [-0.25, -0.2) is 4.39 Å². The molecule has 0 amide bonds. The zero-order chi connectivity index (χ0) is 8.65. The molecular weight excluding hydrogens is 190 g/mol. The van der Waals surface area contributed by atoms with Crippen molar-refractivity contribution < 1.29 is 9.13 Å². The van der Waals surface area contributed by atoms with Crippen molar-refractivity contribution >= 4 is 23.2 Å². The molecule has 0 N–H and O–H groups in total. The standard InChI is InChI=1S/C7H11Cl2FO/c1-3-5-4(2)7(9,10)6(8)11-5/h4-6H,3H2,1-2H3/t4-,5-,6?,7-/m1/s1. The molecule has 0 spiro atoms. The molecular formula is C7H11Cl2FO. The van der Waals surface area contributed by atoms with E-state index in [4.69, 9.17) is 27.9 Å². The highest BCUT2D eigenvalue weighted by atomic mass is 35.5. The molecule has 1 aliphatic rings. The zero-order valence-electron chi connectivity index (χ0n) is 6.48. The van der Waals surface area contributed by atoms with E-state index in [0.29, 0.717) is 0 Å². The van der Waals surface area contributed by atoms with Crippen molar-refractivity contribution in [3.8, 4) is 0 Å². The molecule has 0 bridgehead atoms. The third-order valence-electron chi connectivity index (χ3n) is 2.16. The van der Waals surface area contributed by atoms with Gasteiger partial charge in [-0.05, 0) is 6.42 Å². The number of hydrogen-bond donors (Lipinski definition) is 0. The average molecular weight is 201 g/mol. The number of halogens is 3. The van der Waals surface area contributed by atoms with Gasteiger partial charge < -0.3 is 4.74 Å².